The molecule has 0 saturated carbocycles. The van der Waals surface area contributed by atoms with Crippen molar-refractivity contribution in [3.05, 3.63) is 23.5 Å². The number of anilines is 1. The van der Waals surface area contributed by atoms with Gasteiger partial charge in [0.2, 0.25) is 10.0 Å². The molecule has 10 nitrogen and oxygen atoms in total. The van der Waals surface area contributed by atoms with Gasteiger partial charge in [-0.2, -0.15) is 8.42 Å². The van der Waals surface area contributed by atoms with Gasteiger partial charge in [0.1, 0.15) is 18.0 Å². The normalized spacial score (nSPS) is 23.0. The molecule has 2 aliphatic heterocycles. The van der Waals surface area contributed by atoms with E-state index in [-0.39, 0.29) is 12.6 Å². The van der Waals surface area contributed by atoms with Crippen molar-refractivity contribution in [2.75, 3.05) is 30.2 Å². The number of carbonyl (C=O) groups excluding carboxylic acids is 1. The maximum atomic E-state index is 14.5. The van der Waals surface area contributed by atoms with Crippen molar-refractivity contribution >= 4 is 31.8 Å². The molecule has 0 radical (unpaired) electrons. The number of rotatable bonds is 5. The summed E-state index contributed by atoms with van der Waals surface area (Å²) in [5.74, 6) is -2.42. The number of aromatic hydroxyl groups is 1. The van der Waals surface area contributed by atoms with Crippen LogP contribution in [0.3, 0.4) is 0 Å². The van der Waals surface area contributed by atoms with Gasteiger partial charge in [0.25, 0.3) is 5.91 Å². The lowest BCUT2D eigenvalue weighted by atomic mass is 10.1. The van der Waals surface area contributed by atoms with Gasteiger partial charge in [-0.05, 0) is 30.5 Å². The number of hydrogen-bond acceptors (Lipinski definition) is 7. The van der Waals surface area contributed by atoms with Gasteiger partial charge >= 0.3 is 10.2 Å². The van der Waals surface area contributed by atoms with E-state index in [0.717, 1.165) is 18.7 Å². The van der Waals surface area contributed by atoms with Crippen molar-refractivity contribution in [3.63, 3.8) is 0 Å². The molecule has 2 aliphatic rings. The second-order valence-electron chi connectivity index (χ2n) is 6.82. The minimum Gasteiger partial charge on any atom is -0.506 e. The van der Waals surface area contributed by atoms with Gasteiger partial charge in [0.05, 0.1) is 6.26 Å². The molecule has 0 bridgehead atoms. The summed E-state index contributed by atoms with van der Waals surface area (Å²) in [6.45, 7) is 0.286. The van der Waals surface area contributed by atoms with Crippen LogP contribution in [0.25, 0.3) is 0 Å². The van der Waals surface area contributed by atoms with Crippen LogP contribution in [-0.4, -0.2) is 64.1 Å². The molecule has 0 spiro atoms. The summed E-state index contributed by atoms with van der Waals surface area (Å²) in [6.07, 6.45) is 2.59. The highest BCUT2D eigenvalue weighted by molar-refractivity contribution is 7.92. The Morgan fingerprint density at radius 2 is 2.11 bits per heavy atom. The van der Waals surface area contributed by atoms with E-state index < -0.39 is 49.9 Å². The fraction of sp³-hybridized carbons (Fsp3) is 0.533. The number of nitrogens with one attached hydrogen (secondary N) is 2. The van der Waals surface area contributed by atoms with Crippen molar-refractivity contribution in [1.29, 1.82) is 0 Å². The number of phenolic OH excluding ortho intramolecular Hbond substituents is 1. The monoisotopic (exact) mass is 436 g/mol. The van der Waals surface area contributed by atoms with Gasteiger partial charge < -0.3 is 10.4 Å². The summed E-state index contributed by atoms with van der Waals surface area (Å²) >= 11 is 0. The Morgan fingerprint density at radius 3 is 2.68 bits per heavy atom. The summed E-state index contributed by atoms with van der Waals surface area (Å²) in [7, 11) is -7.53. The van der Waals surface area contributed by atoms with E-state index in [4.69, 9.17) is 0 Å². The van der Waals surface area contributed by atoms with Gasteiger partial charge in [0.15, 0.2) is 5.82 Å². The number of nitrogens with zero attached hydrogens (tertiary/aromatic N) is 2. The summed E-state index contributed by atoms with van der Waals surface area (Å²) in [5, 5.41) is 13.3. The van der Waals surface area contributed by atoms with Gasteiger partial charge in [-0.15, -0.1) is 0 Å². The Labute approximate surface area is 162 Å². The molecular formula is C15H21FN4O6S2. The summed E-state index contributed by atoms with van der Waals surface area (Å²) in [5.41, 5.74) is -0.242. The summed E-state index contributed by atoms with van der Waals surface area (Å²) in [4.78, 5) is 11.3. The van der Waals surface area contributed by atoms with Crippen LogP contribution in [0.4, 0.5) is 10.1 Å². The first kappa shape index (κ1) is 20.8. The van der Waals surface area contributed by atoms with Crippen LogP contribution >= 0.6 is 0 Å². The number of sulfonamides is 1. The van der Waals surface area contributed by atoms with Crippen LogP contribution in [0.2, 0.25) is 0 Å². The Hall–Kier alpha value is -1.96. The predicted octanol–water partition coefficient (Wildman–Crippen LogP) is -0.774. The number of amides is 1. The second-order valence-corrected chi connectivity index (χ2v) is 10.4. The molecule has 28 heavy (non-hydrogen) atoms. The number of halogens is 1. The molecule has 0 aromatic heterocycles. The van der Waals surface area contributed by atoms with E-state index in [2.05, 4.69) is 5.32 Å². The van der Waals surface area contributed by atoms with E-state index >= 15 is 0 Å². The predicted molar refractivity (Wildman–Crippen MR) is 98.8 cm³/mol. The molecule has 3 N–H and O–H groups in total. The topological polar surface area (TPSA) is 136 Å². The molecule has 0 aliphatic carbocycles. The molecule has 2 fully saturated rings. The molecule has 2 heterocycles. The third kappa shape index (κ3) is 4.37. The van der Waals surface area contributed by atoms with E-state index in [1.54, 1.807) is 4.72 Å². The lowest BCUT2D eigenvalue weighted by molar-refractivity contribution is -0.117. The maximum absolute atomic E-state index is 14.5. The lowest BCUT2D eigenvalue weighted by Crippen LogP contribution is -2.47. The highest BCUT2D eigenvalue weighted by Gasteiger charge is 2.37. The van der Waals surface area contributed by atoms with Gasteiger partial charge in [-0.25, -0.2) is 26.1 Å². The lowest BCUT2D eigenvalue weighted by Gasteiger charge is -2.31. The molecule has 2 saturated heterocycles. The zero-order valence-corrected chi connectivity index (χ0v) is 16.7. The Kier molecular flexibility index (Phi) is 5.53. The number of phenols is 1. The van der Waals surface area contributed by atoms with Crippen LogP contribution in [0.15, 0.2) is 12.1 Å². The molecule has 0 unspecified atom stereocenters. The molecule has 1 aromatic rings. The number of piperidine rings is 1. The van der Waals surface area contributed by atoms with Gasteiger partial charge in [-0.3, -0.25) is 4.79 Å². The first-order valence-corrected chi connectivity index (χ1v) is 11.8. The molecule has 156 valence electrons. The third-order valence-corrected chi connectivity index (χ3v) is 7.27. The van der Waals surface area contributed by atoms with Gasteiger partial charge in [-0.1, -0.05) is 0 Å². The molecule has 13 heteroatoms. The van der Waals surface area contributed by atoms with Crippen molar-refractivity contribution in [2.45, 2.75) is 25.4 Å². The van der Waals surface area contributed by atoms with Crippen molar-refractivity contribution in [2.24, 2.45) is 0 Å². The number of benzene rings is 1. The Bertz CT molecular complexity index is 975. The minimum atomic E-state index is -4.24. The Morgan fingerprint density at radius 1 is 1.39 bits per heavy atom. The average molecular weight is 436 g/mol. The molecule has 1 amide bonds. The van der Waals surface area contributed by atoms with E-state index in [9.17, 15) is 31.1 Å². The highest BCUT2D eigenvalue weighted by atomic mass is 32.2. The molecule has 1 atom stereocenters. The zero-order valence-electron chi connectivity index (χ0n) is 15.1. The SMILES string of the molecule is CS(=O)(=O)N1CCC[C@@H](NCc2cc(O)c(N3CC(=O)NS3(=O)=O)c(F)c2)C1. The third-order valence-electron chi connectivity index (χ3n) is 4.62. The molecular weight excluding hydrogens is 415 g/mol. The summed E-state index contributed by atoms with van der Waals surface area (Å²) in [6, 6.07) is 2.15. The van der Waals surface area contributed by atoms with Crippen LogP contribution in [0, 0.1) is 5.82 Å². The first-order chi connectivity index (χ1) is 13.0. The summed E-state index contributed by atoms with van der Waals surface area (Å²) < 4.78 is 65.1. The highest BCUT2D eigenvalue weighted by Crippen LogP contribution is 2.34. The van der Waals surface area contributed by atoms with Crippen molar-refractivity contribution < 1.29 is 31.1 Å². The number of carbonyl (C=O) groups is 1. The molecule has 1 aromatic carbocycles. The van der Waals surface area contributed by atoms with E-state index in [0.29, 0.717) is 29.4 Å². The van der Waals surface area contributed by atoms with E-state index in [1.165, 1.54) is 10.4 Å². The second kappa shape index (κ2) is 7.46. The minimum absolute atomic E-state index is 0.130. The maximum Gasteiger partial charge on any atom is 0.326 e. The van der Waals surface area contributed by atoms with Crippen LogP contribution in [-0.2, 0) is 31.6 Å². The average Bonchev–Trinajstić information content (AvgIpc) is 2.84. The smallest absolute Gasteiger partial charge is 0.326 e. The van der Waals surface area contributed by atoms with Crippen LogP contribution in [0.1, 0.15) is 18.4 Å². The van der Waals surface area contributed by atoms with Crippen molar-refractivity contribution in [3.8, 4) is 5.75 Å². The van der Waals surface area contributed by atoms with E-state index in [1.807, 2.05) is 0 Å². The van der Waals surface area contributed by atoms with Crippen molar-refractivity contribution in [1.82, 2.24) is 14.3 Å². The van der Waals surface area contributed by atoms with Crippen LogP contribution < -0.4 is 14.3 Å². The largest absolute Gasteiger partial charge is 0.506 e. The quantitative estimate of drug-likeness (QED) is 0.551. The Balaban J connectivity index is 1.72. The molecule has 3 rings (SSSR count). The first-order valence-electron chi connectivity index (χ1n) is 8.50. The standard InChI is InChI=1S/C15H21FN4O6S2/c1-27(23,24)19-4-2-3-11(8-19)17-7-10-5-12(16)15(13(21)6-10)20-9-14(22)18-28(20,25)26/h5-6,11,17,21H,2-4,7-9H2,1H3,(H,18,22)/t11-/m1/s1. The van der Waals surface area contributed by atoms with Crippen LogP contribution in [0.5, 0.6) is 5.75 Å². The number of hydrogen-bond donors (Lipinski definition) is 3. The van der Waals surface area contributed by atoms with Gasteiger partial charge in [0, 0.05) is 25.7 Å². The fourth-order valence-electron chi connectivity index (χ4n) is 3.31. The zero-order chi connectivity index (χ0) is 20.7. The fourth-order valence-corrected chi connectivity index (χ4v) is 5.39.